The van der Waals surface area contributed by atoms with E-state index in [1.54, 1.807) is 11.2 Å². The summed E-state index contributed by atoms with van der Waals surface area (Å²) in [6, 6.07) is 0.866. The Morgan fingerprint density at radius 1 is 1.33 bits per heavy atom. The van der Waals surface area contributed by atoms with Crippen LogP contribution in [0.4, 0.5) is 0 Å². The molecule has 0 unspecified atom stereocenters. The highest BCUT2D eigenvalue weighted by Gasteiger charge is 2.37. The molecule has 0 aliphatic carbocycles. The van der Waals surface area contributed by atoms with Crippen molar-refractivity contribution in [1.29, 1.82) is 0 Å². The molecular formula is C5H8O2SSi. The average molecular weight is 160 g/mol. The van der Waals surface area contributed by atoms with Crippen LogP contribution in [0.5, 0.6) is 0 Å². The summed E-state index contributed by atoms with van der Waals surface area (Å²) in [4.78, 5) is 20.7. The minimum atomic E-state index is -2.02. The van der Waals surface area contributed by atoms with Gasteiger partial charge in [-0.3, -0.25) is 0 Å². The van der Waals surface area contributed by atoms with Crippen LogP contribution in [0, 0.1) is 0 Å². The predicted molar refractivity (Wildman–Crippen MR) is 41.1 cm³/mol. The van der Waals surface area contributed by atoms with E-state index in [1.165, 1.54) is 0 Å². The molecule has 0 N–H and O–H groups in total. The van der Waals surface area contributed by atoms with Gasteiger partial charge >= 0.3 is 0 Å². The van der Waals surface area contributed by atoms with Crippen molar-refractivity contribution in [2.45, 2.75) is 12.5 Å². The molecule has 0 atom stereocenters. The van der Waals surface area contributed by atoms with Crippen LogP contribution >= 0.6 is 11.2 Å². The Morgan fingerprint density at radius 3 is 2.22 bits per heavy atom. The fourth-order valence-electron chi connectivity index (χ4n) is 0.896. The van der Waals surface area contributed by atoms with Gasteiger partial charge in [0.2, 0.25) is 0 Å². The summed E-state index contributed by atoms with van der Waals surface area (Å²) in [6.45, 7) is 0. The van der Waals surface area contributed by atoms with E-state index in [4.69, 9.17) is 0 Å². The van der Waals surface area contributed by atoms with Crippen LogP contribution in [-0.2, 0) is 9.59 Å². The van der Waals surface area contributed by atoms with E-state index in [-0.39, 0.29) is 0 Å². The van der Waals surface area contributed by atoms with E-state index in [0.717, 1.165) is 30.0 Å². The van der Waals surface area contributed by atoms with Gasteiger partial charge in [-0.05, 0) is 18.2 Å². The van der Waals surface area contributed by atoms with Crippen LogP contribution < -0.4 is 0 Å². The zero-order chi connectivity index (χ0) is 6.74. The minimum absolute atomic E-state index is 0.866. The Morgan fingerprint density at radius 2 is 2.00 bits per heavy atom. The lowest BCUT2D eigenvalue weighted by molar-refractivity contribution is 0.562. The molecule has 0 radical (unpaired) electrons. The third kappa shape index (κ3) is 1.24. The second kappa shape index (κ2) is 2.66. The highest BCUT2D eigenvalue weighted by Crippen LogP contribution is 2.30. The largest absolute Gasteiger partial charge is 0.307 e. The lowest BCUT2D eigenvalue weighted by Gasteiger charge is -2.05. The highest BCUT2D eigenvalue weighted by atomic mass is 32.4. The summed E-state index contributed by atoms with van der Waals surface area (Å²) in [5.74, 6) is 2.80. The first-order valence-corrected chi connectivity index (χ1v) is 6.97. The summed E-state index contributed by atoms with van der Waals surface area (Å²) in [6.07, 6.45) is 1.05. The number of carbonyl (C=O) groups excluding carboxylic acids is 2. The van der Waals surface area contributed by atoms with Gasteiger partial charge in [0, 0.05) is 0 Å². The monoisotopic (exact) mass is 160 g/mol. The number of rotatable bonds is 2. The summed E-state index contributed by atoms with van der Waals surface area (Å²) < 4.78 is 0. The normalized spacial score (nSPS) is 23.6. The molecule has 1 aliphatic rings. The molecule has 0 saturated carbocycles. The van der Waals surface area contributed by atoms with Gasteiger partial charge in [0.15, 0.2) is 0 Å². The van der Waals surface area contributed by atoms with Gasteiger partial charge in [-0.1, -0.05) is 0 Å². The SMILES string of the molecule is O=C[Si]1(C=O)CCCS1. The third-order valence-electron chi connectivity index (χ3n) is 1.48. The molecule has 0 amide bonds. The molecule has 1 rings (SSSR count). The maximum Gasteiger partial charge on any atom is 0.256 e. The molecule has 0 spiro atoms. The Balaban J connectivity index is 2.66. The van der Waals surface area contributed by atoms with Gasteiger partial charge in [0.25, 0.3) is 7.22 Å². The van der Waals surface area contributed by atoms with Crippen LogP contribution in [-0.4, -0.2) is 24.8 Å². The van der Waals surface area contributed by atoms with Crippen LogP contribution in [0.2, 0.25) is 6.04 Å². The predicted octanol–water partition coefficient (Wildman–Crippen LogP) is 0.613. The summed E-state index contributed by atoms with van der Waals surface area (Å²) in [7, 11) is -2.02. The van der Waals surface area contributed by atoms with Crippen molar-refractivity contribution in [2.24, 2.45) is 0 Å². The second-order valence-electron chi connectivity index (χ2n) is 2.14. The molecule has 50 valence electrons. The number of hydrogen-bond acceptors (Lipinski definition) is 3. The Hall–Kier alpha value is -0.0931. The molecule has 1 aliphatic heterocycles. The second-order valence-corrected chi connectivity index (χ2v) is 8.87. The lowest BCUT2D eigenvalue weighted by Crippen LogP contribution is -2.31. The molecule has 0 aromatic rings. The standard InChI is InChI=1S/C5H8O2SSi/c6-4-9(5-7)3-1-2-8-9/h4-5H,1-3H2. The van der Waals surface area contributed by atoms with Crippen molar-refractivity contribution >= 4 is 30.3 Å². The highest BCUT2D eigenvalue weighted by molar-refractivity contribution is 8.34. The van der Waals surface area contributed by atoms with Crippen molar-refractivity contribution in [3.8, 4) is 0 Å². The average Bonchev–Trinajstić information content (AvgIpc) is 2.36. The molecule has 9 heavy (non-hydrogen) atoms. The van der Waals surface area contributed by atoms with Gasteiger partial charge in [0.05, 0.1) is 0 Å². The van der Waals surface area contributed by atoms with Crippen molar-refractivity contribution in [2.75, 3.05) is 5.75 Å². The quantitative estimate of drug-likeness (QED) is 0.438. The van der Waals surface area contributed by atoms with Gasteiger partial charge < -0.3 is 9.59 Å². The van der Waals surface area contributed by atoms with E-state index in [2.05, 4.69) is 0 Å². The van der Waals surface area contributed by atoms with Crippen LogP contribution in [0.15, 0.2) is 0 Å². The molecule has 1 fully saturated rings. The number of carbonyl (C=O) groups is 2. The topological polar surface area (TPSA) is 34.1 Å². The zero-order valence-electron chi connectivity index (χ0n) is 5.00. The molecule has 2 nitrogen and oxygen atoms in total. The molecule has 1 saturated heterocycles. The first-order valence-electron chi connectivity index (χ1n) is 2.90. The first-order chi connectivity index (χ1) is 4.33. The Labute approximate surface area is 58.7 Å². The fraction of sp³-hybridized carbons (Fsp3) is 0.600. The van der Waals surface area contributed by atoms with E-state index in [9.17, 15) is 9.59 Å². The first kappa shape index (κ1) is 7.02. The maximum absolute atomic E-state index is 10.4. The maximum atomic E-state index is 10.4. The molecule has 0 bridgehead atoms. The van der Waals surface area contributed by atoms with Crippen molar-refractivity contribution in [1.82, 2.24) is 0 Å². The smallest absolute Gasteiger partial charge is 0.256 e. The molecule has 0 aromatic heterocycles. The summed E-state index contributed by atoms with van der Waals surface area (Å²) >= 11 is 1.59. The van der Waals surface area contributed by atoms with Gasteiger partial charge in [-0.15, -0.1) is 0 Å². The van der Waals surface area contributed by atoms with E-state index >= 15 is 0 Å². The summed E-state index contributed by atoms with van der Waals surface area (Å²) in [5.41, 5.74) is 0. The van der Waals surface area contributed by atoms with E-state index < -0.39 is 7.22 Å². The van der Waals surface area contributed by atoms with Crippen LogP contribution in [0.25, 0.3) is 0 Å². The third-order valence-corrected chi connectivity index (χ3v) is 7.86. The zero-order valence-corrected chi connectivity index (χ0v) is 6.82. The van der Waals surface area contributed by atoms with Crippen molar-refractivity contribution < 1.29 is 9.59 Å². The van der Waals surface area contributed by atoms with E-state index in [0.29, 0.717) is 0 Å². The Bertz CT molecular complexity index is 121. The lowest BCUT2D eigenvalue weighted by atomic mass is 10.6. The molecule has 1 heterocycles. The summed E-state index contributed by atoms with van der Waals surface area (Å²) in [5, 5.41) is 0. The van der Waals surface area contributed by atoms with Crippen LogP contribution in [0.1, 0.15) is 6.42 Å². The molecule has 4 heteroatoms. The van der Waals surface area contributed by atoms with Crippen molar-refractivity contribution in [3.63, 3.8) is 0 Å². The van der Waals surface area contributed by atoms with Crippen molar-refractivity contribution in [3.05, 3.63) is 0 Å². The van der Waals surface area contributed by atoms with Crippen LogP contribution in [0.3, 0.4) is 0 Å². The van der Waals surface area contributed by atoms with E-state index in [1.807, 2.05) is 0 Å². The van der Waals surface area contributed by atoms with Gasteiger partial charge in [-0.25, -0.2) is 0 Å². The van der Waals surface area contributed by atoms with Gasteiger partial charge in [0.1, 0.15) is 11.8 Å². The Kier molecular flexibility index (Phi) is 2.07. The fourth-order valence-corrected chi connectivity index (χ4v) is 5.97. The molecule has 0 aromatic carbocycles. The number of hydrogen-bond donors (Lipinski definition) is 0. The minimum Gasteiger partial charge on any atom is -0.307 e. The van der Waals surface area contributed by atoms with Gasteiger partial charge in [-0.2, -0.15) is 11.2 Å². The molecular weight excluding hydrogens is 152 g/mol.